The van der Waals surface area contributed by atoms with Crippen molar-refractivity contribution in [2.45, 2.75) is 4.90 Å². The second kappa shape index (κ2) is 8.53. The molecule has 3 aromatic carbocycles. The minimum absolute atomic E-state index is 0.0485. The van der Waals surface area contributed by atoms with Crippen LogP contribution in [-0.2, 0) is 10.0 Å². The van der Waals surface area contributed by atoms with Gasteiger partial charge in [-0.25, -0.2) is 13.1 Å². The largest absolute Gasteiger partial charge is 0.497 e. The van der Waals surface area contributed by atoms with Crippen LogP contribution < -0.4 is 14.2 Å². The zero-order valence-electron chi connectivity index (χ0n) is 17.0. The van der Waals surface area contributed by atoms with Crippen LogP contribution in [0.15, 0.2) is 90.0 Å². The summed E-state index contributed by atoms with van der Waals surface area (Å²) >= 11 is 0. The molecule has 1 heterocycles. The Morgan fingerprint density at radius 1 is 0.871 bits per heavy atom. The second-order valence-corrected chi connectivity index (χ2v) is 8.31. The Hall–Kier alpha value is -3.78. The van der Waals surface area contributed by atoms with Crippen molar-refractivity contribution in [3.8, 4) is 28.4 Å². The van der Waals surface area contributed by atoms with Crippen LogP contribution in [0.2, 0.25) is 0 Å². The molecular weight excluding hydrogens is 414 g/mol. The summed E-state index contributed by atoms with van der Waals surface area (Å²) in [4.78, 5) is 0.0485. The van der Waals surface area contributed by atoms with Gasteiger partial charge < -0.3 is 9.47 Å². The highest BCUT2D eigenvalue weighted by atomic mass is 32.2. The number of ether oxygens (including phenoxy) is 2. The van der Waals surface area contributed by atoms with Gasteiger partial charge in [0.25, 0.3) is 10.0 Å². The maximum atomic E-state index is 13.4. The van der Waals surface area contributed by atoms with Gasteiger partial charge in [0.15, 0.2) is 0 Å². The number of sulfonamides is 1. The normalized spacial score (nSPS) is 11.2. The number of anilines is 1. The Balaban J connectivity index is 1.83. The van der Waals surface area contributed by atoms with E-state index in [9.17, 15) is 8.42 Å². The van der Waals surface area contributed by atoms with Gasteiger partial charge >= 0.3 is 0 Å². The van der Waals surface area contributed by atoms with E-state index in [1.165, 1.54) is 20.4 Å². The van der Waals surface area contributed by atoms with Crippen molar-refractivity contribution in [2.75, 3.05) is 18.9 Å². The molecule has 1 aromatic heterocycles. The number of benzene rings is 3. The highest BCUT2D eigenvalue weighted by Crippen LogP contribution is 2.33. The number of nitrogens with one attached hydrogen (secondary N) is 1. The lowest BCUT2D eigenvalue weighted by molar-refractivity contribution is 0.405. The standard InChI is InChI=1S/C23H21N3O4S/c1-29-19-13-14-21(30-2)20(15-19)25-31(27,28)22-16-26(18-11-7-4-8-12-18)24-23(22)17-9-5-3-6-10-17/h3-16,25H,1-2H3. The van der Waals surface area contributed by atoms with E-state index >= 15 is 0 Å². The number of hydrogen-bond donors (Lipinski definition) is 1. The predicted molar refractivity (Wildman–Crippen MR) is 119 cm³/mol. The van der Waals surface area contributed by atoms with Crippen LogP contribution >= 0.6 is 0 Å². The summed E-state index contributed by atoms with van der Waals surface area (Å²) in [6.07, 6.45) is 1.51. The summed E-state index contributed by atoms with van der Waals surface area (Å²) in [7, 11) is -1.02. The first-order valence-electron chi connectivity index (χ1n) is 9.47. The summed E-state index contributed by atoms with van der Waals surface area (Å²) in [5.41, 5.74) is 2.06. The lowest BCUT2D eigenvalue weighted by Crippen LogP contribution is -2.14. The summed E-state index contributed by atoms with van der Waals surface area (Å²) in [5, 5.41) is 4.58. The number of aromatic nitrogens is 2. The van der Waals surface area contributed by atoms with Crippen molar-refractivity contribution in [1.29, 1.82) is 0 Å². The zero-order valence-corrected chi connectivity index (χ0v) is 17.8. The van der Waals surface area contributed by atoms with Crippen LogP contribution in [0.25, 0.3) is 16.9 Å². The second-order valence-electron chi connectivity index (χ2n) is 6.66. The average Bonchev–Trinajstić information content (AvgIpc) is 3.27. The van der Waals surface area contributed by atoms with E-state index in [1.807, 2.05) is 60.7 Å². The molecule has 0 aliphatic rings. The molecule has 4 rings (SSSR count). The first-order chi connectivity index (χ1) is 15.0. The van der Waals surface area contributed by atoms with Crippen molar-refractivity contribution in [3.63, 3.8) is 0 Å². The maximum absolute atomic E-state index is 13.4. The van der Waals surface area contributed by atoms with Crippen LogP contribution in [0, 0.1) is 0 Å². The van der Waals surface area contributed by atoms with E-state index in [4.69, 9.17) is 9.47 Å². The summed E-state index contributed by atoms with van der Waals surface area (Å²) in [6.45, 7) is 0. The fourth-order valence-corrected chi connectivity index (χ4v) is 4.37. The molecule has 0 aliphatic heterocycles. The van der Waals surface area contributed by atoms with Crippen molar-refractivity contribution >= 4 is 15.7 Å². The van der Waals surface area contributed by atoms with Crippen LogP contribution in [0.5, 0.6) is 11.5 Å². The lowest BCUT2D eigenvalue weighted by Gasteiger charge is -2.13. The van der Waals surface area contributed by atoms with Gasteiger partial charge in [0.05, 0.1) is 31.8 Å². The molecule has 0 unspecified atom stereocenters. The zero-order chi connectivity index (χ0) is 21.8. The number of methoxy groups -OCH3 is 2. The third kappa shape index (κ3) is 4.24. The van der Waals surface area contributed by atoms with Crippen molar-refractivity contribution in [1.82, 2.24) is 9.78 Å². The Morgan fingerprint density at radius 2 is 1.55 bits per heavy atom. The molecule has 1 N–H and O–H groups in total. The Kier molecular flexibility index (Phi) is 5.64. The average molecular weight is 436 g/mol. The molecule has 0 saturated heterocycles. The van der Waals surface area contributed by atoms with Gasteiger partial charge in [0.1, 0.15) is 22.1 Å². The molecule has 0 fully saturated rings. The molecule has 4 aromatic rings. The molecule has 0 atom stereocenters. The van der Waals surface area contributed by atoms with Gasteiger partial charge in [0, 0.05) is 11.6 Å². The van der Waals surface area contributed by atoms with Gasteiger partial charge in [-0.15, -0.1) is 0 Å². The van der Waals surface area contributed by atoms with E-state index in [0.717, 1.165) is 5.69 Å². The fourth-order valence-electron chi connectivity index (χ4n) is 3.16. The van der Waals surface area contributed by atoms with Crippen molar-refractivity contribution in [2.24, 2.45) is 0 Å². The van der Waals surface area contributed by atoms with E-state index in [1.54, 1.807) is 22.9 Å². The van der Waals surface area contributed by atoms with Gasteiger partial charge in [-0.3, -0.25) is 4.72 Å². The highest BCUT2D eigenvalue weighted by molar-refractivity contribution is 7.92. The molecule has 8 heteroatoms. The number of nitrogens with zero attached hydrogens (tertiary/aromatic N) is 2. The van der Waals surface area contributed by atoms with E-state index < -0.39 is 10.0 Å². The molecule has 0 saturated carbocycles. The summed E-state index contributed by atoms with van der Waals surface area (Å²) in [6, 6.07) is 23.4. The summed E-state index contributed by atoms with van der Waals surface area (Å²) in [5.74, 6) is 0.878. The van der Waals surface area contributed by atoms with Gasteiger partial charge in [-0.05, 0) is 24.3 Å². The quantitative estimate of drug-likeness (QED) is 0.466. The molecule has 31 heavy (non-hydrogen) atoms. The summed E-state index contributed by atoms with van der Waals surface area (Å²) < 4.78 is 41.6. The van der Waals surface area contributed by atoms with Crippen LogP contribution in [0.3, 0.4) is 0 Å². The van der Waals surface area contributed by atoms with E-state index in [2.05, 4.69) is 9.82 Å². The number of para-hydroxylation sites is 1. The fraction of sp³-hybridized carbons (Fsp3) is 0.0870. The van der Waals surface area contributed by atoms with Crippen LogP contribution in [-0.4, -0.2) is 32.4 Å². The first kappa shape index (κ1) is 20.5. The predicted octanol–water partition coefficient (Wildman–Crippen LogP) is 4.36. The monoisotopic (exact) mass is 435 g/mol. The van der Waals surface area contributed by atoms with Gasteiger partial charge in [-0.2, -0.15) is 5.10 Å². The van der Waals surface area contributed by atoms with Gasteiger partial charge in [-0.1, -0.05) is 48.5 Å². The molecular formula is C23H21N3O4S. The van der Waals surface area contributed by atoms with Crippen molar-refractivity contribution < 1.29 is 17.9 Å². The minimum atomic E-state index is -4.01. The SMILES string of the molecule is COc1ccc(OC)c(NS(=O)(=O)c2cn(-c3ccccc3)nc2-c2ccccc2)c1. The third-order valence-corrected chi connectivity index (χ3v) is 6.06. The molecule has 0 radical (unpaired) electrons. The van der Waals surface area contributed by atoms with Gasteiger partial charge in [0.2, 0.25) is 0 Å². The Morgan fingerprint density at radius 3 is 2.19 bits per heavy atom. The molecule has 0 spiro atoms. The highest BCUT2D eigenvalue weighted by Gasteiger charge is 2.25. The molecule has 0 amide bonds. The lowest BCUT2D eigenvalue weighted by atomic mass is 10.2. The smallest absolute Gasteiger partial charge is 0.265 e. The molecule has 0 bridgehead atoms. The Labute approximate surface area is 180 Å². The molecule has 7 nitrogen and oxygen atoms in total. The number of hydrogen-bond acceptors (Lipinski definition) is 5. The first-order valence-corrected chi connectivity index (χ1v) is 11.0. The third-order valence-electron chi connectivity index (χ3n) is 4.69. The van der Waals surface area contributed by atoms with Crippen LogP contribution in [0.1, 0.15) is 0 Å². The maximum Gasteiger partial charge on any atom is 0.265 e. The number of rotatable bonds is 7. The minimum Gasteiger partial charge on any atom is -0.497 e. The van der Waals surface area contributed by atoms with E-state index in [0.29, 0.717) is 22.8 Å². The topological polar surface area (TPSA) is 82.5 Å². The molecule has 158 valence electrons. The van der Waals surface area contributed by atoms with Crippen molar-refractivity contribution in [3.05, 3.63) is 85.1 Å². The van der Waals surface area contributed by atoms with Crippen LogP contribution in [0.4, 0.5) is 5.69 Å². The molecule has 0 aliphatic carbocycles. The Bertz CT molecular complexity index is 1290. The van der Waals surface area contributed by atoms with E-state index in [-0.39, 0.29) is 10.6 Å².